The summed E-state index contributed by atoms with van der Waals surface area (Å²) in [7, 11) is 0. The lowest BCUT2D eigenvalue weighted by Gasteiger charge is -2.08. The summed E-state index contributed by atoms with van der Waals surface area (Å²) in [6.07, 6.45) is -3.62. The van der Waals surface area contributed by atoms with Gasteiger partial charge in [-0.1, -0.05) is 6.92 Å². The molecule has 0 bridgehead atoms. The maximum absolute atomic E-state index is 12.3. The van der Waals surface area contributed by atoms with E-state index in [0.29, 0.717) is 12.7 Å². The van der Waals surface area contributed by atoms with Crippen LogP contribution in [-0.4, -0.2) is 16.1 Å². The number of aldehydes is 1. The maximum atomic E-state index is 12.3. The van der Waals surface area contributed by atoms with Crippen molar-refractivity contribution in [2.24, 2.45) is 0 Å². The lowest BCUT2D eigenvalue weighted by atomic mass is 10.3. The van der Waals surface area contributed by atoms with Crippen LogP contribution in [0.2, 0.25) is 0 Å². The molecule has 78 valence electrons. The van der Waals surface area contributed by atoms with E-state index >= 15 is 0 Å². The molecule has 0 spiro atoms. The summed E-state index contributed by atoms with van der Waals surface area (Å²) in [4.78, 5) is 10.3. The molecule has 6 heteroatoms. The van der Waals surface area contributed by atoms with Crippen LogP contribution < -0.4 is 0 Å². The summed E-state index contributed by atoms with van der Waals surface area (Å²) in [5, 5.41) is 3.51. The number of rotatable bonds is 3. The van der Waals surface area contributed by atoms with E-state index in [2.05, 4.69) is 5.10 Å². The number of hydrogen-bond donors (Lipinski definition) is 0. The molecule has 1 aromatic rings. The van der Waals surface area contributed by atoms with Gasteiger partial charge in [0.25, 0.3) is 0 Å². The molecule has 1 aromatic heterocycles. The van der Waals surface area contributed by atoms with Crippen molar-refractivity contribution in [3.63, 3.8) is 0 Å². The van der Waals surface area contributed by atoms with Crippen LogP contribution in [0.15, 0.2) is 6.07 Å². The molecule has 0 atom stereocenters. The van der Waals surface area contributed by atoms with Crippen molar-refractivity contribution >= 4 is 6.29 Å². The van der Waals surface area contributed by atoms with Crippen LogP contribution in [-0.2, 0) is 12.7 Å². The normalized spacial score (nSPS) is 11.7. The van der Waals surface area contributed by atoms with Crippen LogP contribution in [0.4, 0.5) is 13.2 Å². The fraction of sp³-hybridized carbons (Fsp3) is 0.500. The van der Waals surface area contributed by atoms with Crippen molar-refractivity contribution in [1.29, 1.82) is 0 Å². The van der Waals surface area contributed by atoms with Gasteiger partial charge in [0.15, 0.2) is 6.29 Å². The lowest BCUT2D eigenvalue weighted by molar-refractivity contribution is -0.144. The Morgan fingerprint density at radius 3 is 2.64 bits per heavy atom. The molecule has 0 N–H and O–H groups in total. The smallest absolute Gasteiger partial charge is 0.296 e. The molecule has 0 saturated carbocycles. The third kappa shape index (κ3) is 2.12. The number of alkyl halides is 3. The van der Waals surface area contributed by atoms with E-state index in [4.69, 9.17) is 0 Å². The molecule has 0 saturated heterocycles. The molecule has 1 rings (SSSR count). The highest BCUT2D eigenvalue weighted by Crippen LogP contribution is 2.29. The lowest BCUT2D eigenvalue weighted by Crippen LogP contribution is -2.14. The summed E-state index contributed by atoms with van der Waals surface area (Å²) in [5.74, 6) is 0. The van der Waals surface area contributed by atoms with Gasteiger partial charge >= 0.3 is 6.18 Å². The highest BCUT2D eigenvalue weighted by molar-refractivity contribution is 5.71. The number of hydrogen-bond acceptors (Lipinski definition) is 2. The number of halogens is 3. The third-order valence-electron chi connectivity index (χ3n) is 1.65. The SMILES string of the molecule is CCCn1nc(C=O)cc1C(F)(F)F. The standard InChI is InChI=1S/C8H9F3N2O/c1-2-3-13-7(8(9,10)11)4-6(5-14)12-13/h4-5H,2-3H2,1H3. The molecule has 14 heavy (non-hydrogen) atoms. The minimum absolute atomic E-state index is 0.155. The third-order valence-corrected chi connectivity index (χ3v) is 1.65. The van der Waals surface area contributed by atoms with Crippen LogP contribution in [0, 0.1) is 0 Å². The van der Waals surface area contributed by atoms with Crippen molar-refractivity contribution in [1.82, 2.24) is 9.78 Å². The summed E-state index contributed by atoms with van der Waals surface area (Å²) in [5.41, 5.74) is -1.06. The zero-order chi connectivity index (χ0) is 10.8. The van der Waals surface area contributed by atoms with Crippen molar-refractivity contribution in [3.8, 4) is 0 Å². The molecule has 0 fully saturated rings. The van der Waals surface area contributed by atoms with Gasteiger partial charge in [0.1, 0.15) is 11.4 Å². The van der Waals surface area contributed by atoms with Gasteiger partial charge in [-0.15, -0.1) is 0 Å². The van der Waals surface area contributed by atoms with Crippen molar-refractivity contribution in [2.45, 2.75) is 26.1 Å². The topological polar surface area (TPSA) is 34.9 Å². The number of aryl methyl sites for hydroxylation is 1. The van der Waals surface area contributed by atoms with Gasteiger partial charge in [-0.05, 0) is 12.5 Å². The fourth-order valence-corrected chi connectivity index (χ4v) is 1.10. The second kappa shape index (κ2) is 3.81. The van der Waals surface area contributed by atoms with Crippen LogP contribution in [0.5, 0.6) is 0 Å². The molecule has 1 heterocycles. The van der Waals surface area contributed by atoms with Gasteiger partial charge in [0.2, 0.25) is 0 Å². The van der Waals surface area contributed by atoms with Crippen LogP contribution in [0.1, 0.15) is 29.5 Å². The highest BCUT2D eigenvalue weighted by Gasteiger charge is 2.35. The summed E-state index contributed by atoms with van der Waals surface area (Å²) < 4.78 is 37.8. The Morgan fingerprint density at radius 1 is 1.57 bits per heavy atom. The zero-order valence-electron chi connectivity index (χ0n) is 7.51. The van der Waals surface area contributed by atoms with Crippen molar-refractivity contribution in [2.75, 3.05) is 0 Å². The highest BCUT2D eigenvalue weighted by atomic mass is 19.4. The second-order valence-corrected chi connectivity index (χ2v) is 2.79. The Kier molecular flexibility index (Phi) is 2.93. The van der Waals surface area contributed by atoms with Gasteiger partial charge in [-0.25, -0.2) is 0 Å². The number of carbonyl (C=O) groups excluding carboxylic acids is 1. The molecule has 0 aliphatic rings. The van der Waals surface area contributed by atoms with E-state index in [1.165, 1.54) is 0 Å². The molecule has 0 aromatic carbocycles. The van der Waals surface area contributed by atoms with E-state index in [9.17, 15) is 18.0 Å². The molecule has 0 amide bonds. The first-order valence-electron chi connectivity index (χ1n) is 4.09. The van der Waals surface area contributed by atoms with Gasteiger partial charge in [0, 0.05) is 6.54 Å². The Balaban J connectivity index is 3.12. The summed E-state index contributed by atoms with van der Waals surface area (Å²) in [6.45, 7) is 1.89. The zero-order valence-corrected chi connectivity index (χ0v) is 7.51. The Morgan fingerprint density at radius 2 is 2.21 bits per heavy atom. The second-order valence-electron chi connectivity index (χ2n) is 2.79. The van der Waals surface area contributed by atoms with E-state index in [1.54, 1.807) is 6.92 Å². The Labute approximate surface area is 78.5 Å². The fourth-order valence-electron chi connectivity index (χ4n) is 1.10. The van der Waals surface area contributed by atoms with E-state index in [0.717, 1.165) is 10.7 Å². The predicted molar refractivity (Wildman–Crippen MR) is 42.9 cm³/mol. The summed E-state index contributed by atoms with van der Waals surface area (Å²) in [6, 6.07) is 0.753. The number of aromatic nitrogens is 2. The van der Waals surface area contributed by atoms with E-state index in [1.807, 2.05) is 0 Å². The van der Waals surface area contributed by atoms with E-state index in [-0.39, 0.29) is 12.2 Å². The molecule has 0 unspecified atom stereocenters. The molecule has 0 aliphatic heterocycles. The average molecular weight is 206 g/mol. The van der Waals surface area contributed by atoms with Crippen molar-refractivity contribution < 1.29 is 18.0 Å². The van der Waals surface area contributed by atoms with Crippen molar-refractivity contribution in [3.05, 3.63) is 17.5 Å². The minimum Gasteiger partial charge on any atom is -0.296 e. The van der Waals surface area contributed by atoms with Gasteiger partial charge in [0.05, 0.1) is 0 Å². The molecular formula is C8H9F3N2O. The quantitative estimate of drug-likeness (QED) is 0.710. The van der Waals surface area contributed by atoms with Gasteiger partial charge in [-0.3, -0.25) is 9.48 Å². The van der Waals surface area contributed by atoms with Crippen LogP contribution >= 0.6 is 0 Å². The maximum Gasteiger partial charge on any atom is 0.433 e. The number of nitrogens with zero attached hydrogens (tertiary/aromatic N) is 2. The van der Waals surface area contributed by atoms with Gasteiger partial charge < -0.3 is 0 Å². The van der Waals surface area contributed by atoms with Crippen LogP contribution in [0.25, 0.3) is 0 Å². The average Bonchev–Trinajstić information content (AvgIpc) is 2.48. The van der Waals surface area contributed by atoms with E-state index < -0.39 is 11.9 Å². The number of carbonyl (C=O) groups is 1. The minimum atomic E-state index is -4.45. The predicted octanol–water partition coefficient (Wildman–Crippen LogP) is 2.12. The monoisotopic (exact) mass is 206 g/mol. The molecular weight excluding hydrogens is 197 g/mol. The molecule has 3 nitrogen and oxygen atoms in total. The molecule has 0 radical (unpaired) electrons. The first-order chi connectivity index (χ1) is 6.49. The largest absolute Gasteiger partial charge is 0.433 e. The van der Waals surface area contributed by atoms with Gasteiger partial charge in [-0.2, -0.15) is 18.3 Å². The Hall–Kier alpha value is -1.33. The summed E-state index contributed by atoms with van der Waals surface area (Å²) >= 11 is 0. The Bertz CT molecular complexity index is 330. The first-order valence-corrected chi connectivity index (χ1v) is 4.09. The van der Waals surface area contributed by atoms with Crippen LogP contribution in [0.3, 0.4) is 0 Å². The molecule has 0 aliphatic carbocycles. The first kappa shape index (κ1) is 10.7.